The zero-order valence-electron chi connectivity index (χ0n) is 13.9. The van der Waals surface area contributed by atoms with Gasteiger partial charge in [-0.2, -0.15) is 0 Å². The summed E-state index contributed by atoms with van der Waals surface area (Å²) in [5, 5.41) is 2.75. The molecule has 0 saturated heterocycles. The number of urea groups is 1. The third-order valence-corrected chi connectivity index (χ3v) is 5.38. The van der Waals surface area contributed by atoms with Crippen LogP contribution in [0.15, 0.2) is 30.3 Å². The highest BCUT2D eigenvalue weighted by atomic mass is 32.2. The molecule has 5 nitrogen and oxygen atoms in total. The Morgan fingerprint density at radius 3 is 2.48 bits per heavy atom. The first-order chi connectivity index (χ1) is 10.9. The zero-order valence-corrected chi connectivity index (χ0v) is 14.7. The van der Waals surface area contributed by atoms with Crippen molar-refractivity contribution in [2.75, 3.05) is 25.1 Å². The summed E-state index contributed by atoms with van der Waals surface area (Å²) in [6.07, 6.45) is 4.73. The van der Waals surface area contributed by atoms with E-state index in [2.05, 4.69) is 5.32 Å². The molecule has 1 aliphatic carbocycles. The van der Waals surface area contributed by atoms with E-state index in [-0.39, 0.29) is 24.4 Å². The lowest BCUT2D eigenvalue weighted by atomic mass is 9.84. The highest BCUT2D eigenvalue weighted by Crippen LogP contribution is 2.30. The van der Waals surface area contributed by atoms with Crippen molar-refractivity contribution in [3.05, 3.63) is 35.9 Å². The number of carbonyl (C=O) groups excluding carboxylic acids is 1. The number of amides is 2. The molecule has 6 heteroatoms. The van der Waals surface area contributed by atoms with Crippen LogP contribution in [-0.4, -0.2) is 44.4 Å². The van der Waals surface area contributed by atoms with Crippen molar-refractivity contribution in [1.82, 2.24) is 10.2 Å². The molecule has 1 N–H and O–H groups in total. The van der Waals surface area contributed by atoms with Crippen LogP contribution in [0.4, 0.5) is 4.79 Å². The molecule has 1 aliphatic rings. The fourth-order valence-electron chi connectivity index (χ4n) is 2.73. The van der Waals surface area contributed by atoms with Crippen LogP contribution in [0.1, 0.15) is 37.8 Å². The van der Waals surface area contributed by atoms with Crippen molar-refractivity contribution in [3.8, 4) is 0 Å². The molecule has 2 rings (SSSR count). The quantitative estimate of drug-likeness (QED) is 0.831. The van der Waals surface area contributed by atoms with Gasteiger partial charge in [-0.3, -0.25) is 0 Å². The summed E-state index contributed by atoms with van der Waals surface area (Å²) in [6.45, 7) is 2.89. The van der Waals surface area contributed by atoms with E-state index >= 15 is 0 Å². The number of hydrogen-bond donors (Lipinski definition) is 1. The van der Waals surface area contributed by atoms with Gasteiger partial charge in [0.2, 0.25) is 0 Å². The van der Waals surface area contributed by atoms with E-state index in [0.29, 0.717) is 5.92 Å². The first-order valence-electron chi connectivity index (χ1n) is 8.14. The standard InChI is InChI=1S/C17H26N2O3S/c1-14(16-9-4-3-5-10-16)19(13-15-7-6-8-15)17(20)18-11-12-23(2,21)22/h3-5,9-10,14-15H,6-8,11-13H2,1-2H3,(H,18,20). The van der Waals surface area contributed by atoms with E-state index in [1.807, 2.05) is 42.2 Å². The van der Waals surface area contributed by atoms with Gasteiger partial charge in [-0.05, 0) is 31.2 Å². The number of carbonyl (C=O) groups is 1. The molecule has 2 amide bonds. The summed E-state index contributed by atoms with van der Waals surface area (Å²) >= 11 is 0. The Hall–Kier alpha value is -1.56. The van der Waals surface area contributed by atoms with Gasteiger partial charge in [-0.25, -0.2) is 13.2 Å². The van der Waals surface area contributed by atoms with Gasteiger partial charge < -0.3 is 10.2 Å². The Morgan fingerprint density at radius 2 is 1.96 bits per heavy atom. The van der Waals surface area contributed by atoms with Gasteiger partial charge in [0.15, 0.2) is 0 Å². The van der Waals surface area contributed by atoms with Crippen molar-refractivity contribution < 1.29 is 13.2 Å². The van der Waals surface area contributed by atoms with E-state index in [4.69, 9.17) is 0 Å². The van der Waals surface area contributed by atoms with Crippen molar-refractivity contribution in [2.45, 2.75) is 32.2 Å². The van der Waals surface area contributed by atoms with Crippen molar-refractivity contribution in [2.24, 2.45) is 5.92 Å². The van der Waals surface area contributed by atoms with E-state index in [0.717, 1.165) is 24.9 Å². The van der Waals surface area contributed by atoms with E-state index in [1.165, 1.54) is 12.7 Å². The highest BCUT2D eigenvalue weighted by Gasteiger charge is 2.27. The van der Waals surface area contributed by atoms with Crippen LogP contribution in [0.25, 0.3) is 0 Å². The molecule has 1 unspecified atom stereocenters. The van der Waals surface area contributed by atoms with Gasteiger partial charge >= 0.3 is 6.03 Å². The number of nitrogens with one attached hydrogen (secondary N) is 1. The Balaban J connectivity index is 2.02. The van der Waals surface area contributed by atoms with Gasteiger partial charge in [-0.1, -0.05) is 36.8 Å². The molecular weight excluding hydrogens is 312 g/mol. The molecule has 0 aromatic heterocycles. The smallest absolute Gasteiger partial charge is 0.317 e. The molecule has 1 aromatic carbocycles. The SMILES string of the molecule is CC(c1ccccc1)N(CC1CCC1)C(=O)NCCS(C)(=O)=O. The van der Waals surface area contributed by atoms with Crippen LogP contribution in [-0.2, 0) is 9.84 Å². The summed E-state index contributed by atoms with van der Waals surface area (Å²) < 4.78 is 22.4. The Bertz CT molecular complexity index is 612. The normalized spacial score (nSPS) is 16.4. The lowest BCUT2D eigenvalue weighted by molar-refractivity contribution is 0.146. The van der Waals surface area contributed by atoms with Crippen molar-refractivity contribution >= 4 is 15.9 Å². The van der Waals surface area contributed by atoms with Crippen LogP contribution in [0.5, 0.6) is 0 Å². The Morgan fingerprint density at radius 1 is 1.30 bits per heavy atom. The van der Waals surface area contributed by atoms with Gasteiger partial charge in [0, 0.05) is 19.3 Å². The van der Waals surface area contributed by atoms with Gasteiger partial charge in [-0.15, -0.1) is 0 Å². The van der Waals surface area contributed by atoms with Gasteiger partial charge in [0.25, 0.3) is 0 Å². The second kappa shape index (κ2) is 7.81. The second-order valence-electron chi connectivity index (χ2n) is 6.40. The van der Waals surface area contributed by atoms with Crippen LogP contribution in [0.2, 0.25) is 0 Å². The molecule has 1 atom stereocenters. The van der Waals surface area contributed by atoms with Crippen LogP contribution >= 0.6 is 0 Å². The third kappa shape index (κ3) is 5.53. The van der Waals surface area contributed by atoms with Crippen LogP contribution in [0, 0.1) is 5.92 Å². The Labute approximate surface area is 139 Å². The fraction of sp³-hybridized carbons (Fsp3) is 0.588. The first kappa shape index (κ1) is 17.8. The summed E-state index contributed by atoms with van der Waals surface area (Å²) in [5.74, 6) is 0.525. The highest BCUT2D eigenvalue weighted by molar-refractivity contribution is 7.90. The fourth-order valence-corrected chi connectivity index (χ4v) is 3.20. The predicted molar refractivity (Wildman–Crippen MR) is 92.0 cm³/mol. The van der Waals surface area contributed by atoms with Gasteiger partial charge in [0.05, 0.1) is 11.8 Å². The molecule has 128 valence electrons. The number of hydrogen-bond acceptors (Lipinski definition) is 3. The lowest BCUT2D eigenvalue weighted by Gasteiger charge is -2.36. The monoisotopic (exact) mass is 338 g/mol. The van der Waals surface area contributed by atoms with E-state index in [9.17, 15) is 13.2 Å². The third-order valence-electron chi connectivity index (χ3n) is 4.44. The van der Waals surface area contributed by atoms with Crippen LogP contribution in [0.3, 0.4) is 0 Å². The maximum Gasteiger partial charge on any atom is 0.317 e. The summed E-state index contributed by atoms with van der Waals surface area (Å²) in [7, 11) is -3.07. The number of rotatable bonds is 7. The summed E-state index contributed by atoms with van der Waals surface area (Å²) in [6, 6.07) is 9.71. The maximum absolute atomic E-state index is 12.5. The minimum absolute atomic E-state index is 0.0320. The molecule has 1 fully saturated rings. The zero-order chi connectivity index (χ0) is 16.9. The van der Waals surface area contributed by atoms with E-state index in [1.54, 1.807) is 0 Å². The van der Waals surface area contributed by atoms with Gasteiger partial charge in [0.1, 0.15) is 9.84 Å². The molecule has 0 aliphatic heterocycles. The number of nitrogens with zero attached hydrogens (tertiary/aromatic N) is 1. The summed E-state index contributed by atoms with van der Waals surface area (Å²) in [5.41, 5.74) is 1.09. The second-order valence-corrected chi connectivity index (χ2v) is 8.66. The molecule has 1 aromatic rings. The lowest BCUT2D eigenvalue weighted by Crippen LogP contribution is -2.45. The van der Waals surface area contributed by atoms with E-state index < -0.39 is 9.84 Å². The minimum atomic E-state index is -3.07. The molecule has 1 saturated carbocycles. The molecule has 0 radical (unpaired) electrons. The molecule has 0 spiro atoms. The van der Waals surface area contributed by atoms with Crippen molar-refractivity contribution in [1.29, 1.82) is 0 Å². The summed E-state index contributed by atoms with van der Waals surface area (Å²) in [4.78, 5) is 14.4. The molecule has 0 heterocycles. The Kier molecular flexibility index (Phi) is 6.04. The van der Waals surface area contributed by atoms with Crippen molar-refractivity contribution in [3.63, 3.8) is 0 Å². The average molecular weight is 338 g/mol. The molecule has 0 bridgehead atoms. The first-order valence-corrected chi connectivity index (χ1v) is 10.2. The molecular formula is C17H26N2O3S. The topological polar surface area (TPSA) is 66.5 Å². The minimum Gasteiger partial charge on any atom is -0.337 e. The molecule has 23 heavy (non-hydrogen) atoms. The van der Waals surface area contributed by atoms with Crippen LogP contribution < -0.4 is 5.32 Å². The average Bonchev–Trinajstić information content (AvgIpc) is 2.45. The number of sulfone groups is 1. The number of benzene rings is 1. The maximum atomic E-state index is 12.5. The predicted octanol–water partition coefficient (Wildman–Crippen LogP) is 2.60. The largest absolute Gasteiger partial charge is 0.337 e.